The molecule has 4 nitrogen and oxygen atoms in total. The fourth-order valence-corrected chi connectivity index (χ4v) is 5.88. The number of aryl methyl sites for hydroxylation is 2. The van der Waals surface area contributed by atoms with Crippen molar-refractivity contribution in [2.45, 2.75) is 65.0 Å². The Labute approximate surface area is 192 Å². The number of hydrogen-bond donors (Lipinski definition) is 1. The first kappa shape index (κ1) is 21.5. The number of alkyl carbamates (subject to hydrolysis) is 1. The van der Waals surface area contributed by atoms with Crippen LogP contribution in [0, 0.1) is 11.3 Å². The van der Waals surface area contributed by atoms with E-state index in [1.54, 1.807) is 0 Å². The molecule has 0 radical (unpaired) electrons. The monoisotopic (exact) mass is 432 g/mol. The van der Waals surface area contributed by atoms with Gasteiger partial charge in [0, 0.05) is 6.54 Å². The lowest BCUT2D eigenvalue weighted by Crippen LogP contribution is -2.53. The second-order valence-corrected chi connectivity index (χ2v) is 10.6. The summed E-state index contributed by atoms with van der Waals surface area (Å²) in [4.78, 5) is 15.4. The third-order valence-corrected chi connectivity index (χ3v) is 8.06. The third-order valence-electron chi connectivity index (χ3n) is 8.06. The number of benzene rings is 2. The molecule has 4 aliphatic rings. The Balaban J connectivity index is 1.35. The van der Waals surface area contributed by atoms with Crippen LogP contribution >= 0.6 is 0 Å². The van der Waals surface area contributed by atoms with E-state index in [2.05, 4.69) is 73.5 Å². The highest BCUT2D eigenvalue weighted by atomic mass is 16.6. The van der Waals surface area contributed by atoms with Crippen molar-refractivity contribution in [3.05, 3.63) is 59.2 Å². The molecule has 1 N–H and O–H groups in total. The molecule has 0 unspecified atom stereocenters. The van der Waals surface area contributed by atoms with Crippen LogP contribution in [0.3, 0.4) is 0 Å². The predicted molar refractivity (Wildman–Crippen MR) is 129 cm³/mol. The number of rotatable bonds is 4. The first-order valence-corrected chi connectivity index (χ1v) is 12.3. The average molecular weight is 433 g/mol. The Morgan fingerprint density at radius 3 is 2.62 bits per heavy atom. The zero-order valence-corrected chi connectivity index (χ0v) is 19.7. The molecule has 170 valence electrons. The van der Waals surface area contributed by atoms with Crippen LogP contribution in [0.5, 0.6) is 0 Å². The summed E-state index contributed by atoms with van der Waals surface area (Å²) in [7, 11) is 0. The number of nitrogens with zero attached hydrogens (tertiary/aromatic N) is 1. The number of carbonyl (C=O) groups is 1. The lowest BCUT2D eigenvalue weighted by molar-refractivity contribution is -0.0353. The molecule has 3 fully saturated rings. The lowest BCUT2D eigenvalue weighted by atomic mass is 9.70. The van der Waals surface area contributed by atoms with Gasteiger partial charge in [-0.1, -0.05) is 63.2 Å². The largest absolute Gasteiger partial charge is 0.445 e. The topological polar surface area (TPSA) is 41.6 Å². The highest BCUT2D eigenvalue weighted by Crippen LogP contribution is 2.44. The number of amides is 1. The number of piperidine rings is 3. The number of nitrogens with one attached hydrogen (secondary N) is 1. The van der Waals surface area contributed by atoms with Crippen LogP contribution in [0.2, 0.25) is 0 Å². The molecule has 2 aromatic rings. The van der Waals surface area contributed by atoms with Crippen LogP contribution in [0.25, 0.3) is 11.1 Å². The molecule has 4 heteroatoms. The summed E-state index contributed by atoms with van der Waals surface area (Å²) in [6.07, 6.45) is 5.21. The molecule has 2 atom stereocenters. The minimum atomic E-state index is -0.255. The maximum atomic E-state index is 13.0. The third kappa shape index (κ3) is 4.17. The molecular formula is C28H36N2O2. The van der Waals surface area contributed by atoms with Crippen LogP contribution in [-0.2, 0) is 17.6 Å². The van der Waals surface area contributed by atoms with Crippen LogP contribution in [0.4, 0.5) is 4.79 Å². The molecule has 6 rings (SSSR count). The van der Waals surface area contributed by atoms with Gasteiger partial charge in [-0.3, -0.25) is 4.90 Å². The summed E-state index contributed by atoms with van der Waals surface area (Å²) < 4.78 is 5.96. The van der Waals surface area contributed by atoms with Gasteiger partial charge in [0.05, 0.1) is 6.04 Å². The van der Waals surface area contributed by atoms with Crippen LogP contribution in [0.15, 0.2) is 42.5 Å². The second kappa shape index (κ2) is 8.55. The Morgan fingerprint density at radius 2 is 1.91 bits per heavy atom. The van der Waals surface area contributed by atoms with E-state index in [1.165, 1.54) is 27.8 Å². The molecule has 0 saturated carbocycles. The molecular weight excluding hydrogens is 396 g/mol. The van der Waals surface area contributed by atoms with Gasteiger partial charge < -0.3 is 10.1 Å². The molecule has 1 amide bonds. The van der Waals surface area contributed by atoms with E-state index < -0.39 is 0 Å². The normalized spacial score (nSPS) is 28.1. The quantitative estimate of drug-likeness (QED) is 0.669. The van der Waals surface area contributed by atoms with E-state index in [0.29, 0.717) is 5.92 Å². The van der Waals surface area contributed by atoms with E-state index in [9.17, 15) is 4.79 Å². The highest BCUT2D eigenvalue weighted by Gasteiger charge is 2.40. The first-order chi connectivity index (χ1) is 15.4. The number of hydrogen-bond acceptors (Lipinski definition) is 3. The second-order valence-electron chi connectivity index (χ2n) is 10.6. The molecule has 2 bridgehead atoms. The van der Waals surface area contributed by atoms with Gasteiger partial charge in [-0.2, -0.15) is 0 Å². The fourth-order valence-electron chi connectivity index (χ4n) is 5.88. The van der Waals surface area contributed by atoms with E-state index in [4.69, 9.17) is 4.74 Å². The number of fused-ring (bicyclic) bond motifs is 4. The van der Waals surface area contributed by atoms with E-state index >= 15 is 0 Å². The van der Waals surface area contributed by atoms with Gasteiger partial charge in [0.2, 0.25) is 0 Å². The van der Waals surface area contributed by atoms with Crippen molar-refractivity contribution < 1.29 is 9.53 Å². The van der Waals surface area contributed by atoms with Crippen molar-refractivity contribution in [2.75, 3.05) is 19.6 Å². The molecule has 1 aliphatic carbocycles. The smallest absolute Gasteiger partial charge is 0.407 e. The van der Waals surface area contributed by atoms with Gasteiger partial charge in [-0.05, 0) is 84.3 Å². The zero-order valence-electron chi connectivity index (χ0n) is 19.7. The Kier molecular flexibility index (Phi) is 5.75. The maximum absolute atomic E-state index is 13.0. The van der Waals surface area contributed by atoms with Crippen molar-refractivity contribution in [3.63, 3.8) is 0 Å². The van der Waals surface area contributed by atoms with E-state index in [0.717, 1.165) is 51.7 Å². The van der Waals surface area contributed by atoms with Crippen molar-refractivity contribution in [1.29, 1.82) is 0 Å². The average Bonchev–Trinajstić information content (AvgIpc) is 2.81. The molecule has 3 aliphatic heterocycles. The van der Waals surface area contributed by atoms with E-state index in [-0.39, 0.29) is 23.7 Å². The van der Waals surface area contributed by atoms with Crippen molar-refractivity contribution in [3.8, 4) is 11.1 Å². The predicted octanol–water partition coefficient (Wildman–Crippen LogP) is 5.75. The van der Waals surface area contributed by atoms with E-state index in [1.807, 2.05) is 0 Å². The van der Waals surface area contributed by atoms with Gasteiger partial charge in [-0.15, -0.1) is 0 Å². The standard InChI is InChI=1S/C28H36N2O2/c1-4-19-6-5-7-21(16-19)22-8-9-24-23(17-22)10-13-28(2,3)26(24)29-27(31)32-25-18-30-14-11-20(25)12-15-30/h5-9,16-17,20,25-26H,4,10-15,18H2,1-3H3,(H,29,31)/t25-,26+/m1/s1. The SMILES string of the molecule is CCc1cccc(-c2ccc3c(c2)CCC(C)(C)[C@H]3NC(=O)O[C@@H]2CN3CCC2CC3)c1. The van der Waals surface area contributed by atoms with Gasteiger partial charge in [0.15, 0.2) is 0 Å². The number of ether oxygens (including phenoxy) is 1. The van der Waals surface area contributed by atoms with Crippen LogP contribution < -0.4 is 5.32 Å². The fraction of sp³-hybridized carbons (Fsp3) is 0.536. The minimum Gasteiger partial charge on any atom is -0.445 e. The Hall–Kier alpha value is -2.33. The Morgan fingerprint density at radius 1 is 1.12 bits per heavy atom. The van der Waals surface area contributed by atoms with Gasteiger partial charge >= 0.3 is 6.09 Å². The van der Waals surface area contributed by atoms with Gasteiger partial charge in [0.1, 0.15) is 6.10 Å². The molecule has 0 aromatic heterocycles. The van der Waals surface area contributed by atoms with Gasteiger partial charge in [0.25, 0.3) is 0 Å². The van der Waals surface area contributed by atoms with Crippen molar-refractivity contribution in [2.24, 2.45) is 11.3 Å². The zero-order chi connectivity index (χ0) is 22.3. The summed E-state index contributed by atoms with van der Waals surface area (Å²) in [6.45, 7) is 9.90. The maximum Gasteiger partial charge on any atom is 0.407 e. The summed E-state index contributed by atoms with van der Waals surface area (Å²) in [6, 6.07) is 15.5. The molecule has 3 heterocycles. The molecule has 3 saturated heterocycles. The van der Waals surface area contributed by atoms with Gasteiger partial charge in [-0.25, -0.2) is 4.79 Å². The summed E-state index contributed by atoms with van der Waals surface area (Å²) in [5.74, 6) is 0.527. The van der Waals surface area contributed by atoms with Crippen LogP contribution in [0.1, 0.15) is 62.8 Å². The van der Waals surface area contributed by atoms with Crippen molar-refractivity contribution >= 4 is 6.09 Å². The number of carbonyl (C=O) groups excluding carboxylic acids is 1. The molecule has 0 spiro atoms. The summed E-state index contributed by atoms with van der Waals surface area (Å²) in [5.41, 5.74) is 6.46. The first-order valence-electron chi connectivity index (χ1n) is 12.3. The molecule has 32 heavy (non-hydrogen) atoms. The van der Waals surface area contributed by atoms with Crippen LogP contribution in [-0.4, -0.2) is 36.7 Å². The summed E-state index contributed by atoms with van der Waals surface area (Å²) >= 11 is 0. The Bertz CT molecular complexity index is 991. The lowest BCUT2D eigenvalue weighted by Gasteiger charge is -2.44. The van der Waals surface area contributed by atoms with Crippen molar-refractivity contribution in [1.82, 2.24) is 10.2 Å². The summed E-state index contributed by atoms with van der Waals surface area (Å²) in [5, 5.41) is 3.27. The minimum absolute atomic E-state index is 0.00919. The highest BCUT2D eigenvalue weighted by molar-refractivity contribution is 5.70. The molecule has 2 aromatic carbocycles.